The number of carbonyl (C=O) groups is 3. The molecule has 0 radical (unpaired) electrons. The molecule has 0 bridgehead atoms. The fraction of sp³-hybridized carbons (Fsp3) is 0.215. The first-order valence-corrected chi connectivity index (χ1v) is 33.8. The molecule has 1 heterocycles. The summed E-state index contributed by atoms with van der Waals surface area (Å²) < 4.78 is 32.3. The number of aliphatic hydroxyl groups excluding tert-OH is 1. The van der Waals surface area contributed by atoms with Crippen LogP contribution in [-0.4, -0.2) is 86.0 Å². The van der Waals surface area contributed by atoms with Gasteiger partial charge in [0.25, 0.3) is 10.1 Å². The molecule has 1 saturated heterocycles. The zero-order chi connectivity index (χ0) is 58.4. The maximum atomic E-state index is 10.7. The lowest BCUT2D eigenvalue weighted by atomic mass is 10.1. The van der Waals surface area contributed by atoms with E-state index in [4.69, 9.17) is 42.0 Å². The highest BCUT2D eigenvalue weighted by molar-refractivity contribution is 9.10. The lowest BCUT2D eigenvalue weighted by molar-refractivity contribution is 0.0342. The third-order valence-electron chi connectivity index (χ3n) is 9.78. The van der Waals surface area contributed by atoms with Gasteiger partial charge in [-0.05, 0) is 89.5 Å². The number of aldehydes is 3. The average Bonchev–Trinajstić information content (AvgIpc) is 3.45. The third-order valence-corrected chi connectivity index (χ3v) is 12.6. The largest absolute Gasteiger partial charge is 0.392 e. The van der Waals surface area contributed by atoms with Crippen LogP contribution in [0.1, 0.15) is 75.6 Å². The summed E-state index contributed by atoms with van der Waals surface area (Å²) >= 11 is 3.26. The zero-order valence-corrected chi connectivity index (χ0v) is 49.9. The molecule has 13 heteroatoms. The molecule has 0 atom stereocenters. The van der Waals surface area contributed by atoms with Crippen LogP contribution in [0.4, 0.5) is 0 Å². The SMILES string of the molecule is C#C[Si](C)(C)C.C#Cc1ccc(C=O)cc1.C#Cc1ccc(CN2CCOCC2)cc1.C#Cc1ccc(CO)cc1.C#Cc1ccc(COS(C)(=O)=O)cc1.C[Si](C)(C)C#Cc1ccc(C=O)cc1.O=Cc1ccc(Br)cc1. The summed E-state index contributed by atoms with van der Waals surface area (Å²) in [6.45, 7) is 17.9. The molecule has 1 aliphatic rings. The minimum Gasteiger partial charge on any atom is -0.392 e. The fourth-order valence-electron chi connectivity index (χ4n) is 5.41. The predicted molar refractivity (Wildman–Crippen MR) is 328 cm³/mol. The van der Waals surface area contributed by atoms with Crippen molar-refractivity contribution in [2.45, 2.75) is 59.0 Å². The molecular formula is C65H68BrNO8SSi2. The molecule has 1 N–H and O–H groups in total. The fourth-order valence-corrected chi connectivity index (χ4v) is 6.54. The zero-order valence-electron chi connectivity index (χ0n) is 45.5. The van der Waals surface area contributed by atoms with Gasteiger partial charge in [0.2, 0.25) is 0 Å². The quantitative estimate of drug-likeness (QED) is 0.0651. The molecule has 0 aliphatic carbocycles. The van der Waals surface area contributed by atoms with Crippen LogP contribution >= 0.6 is 15.9 Å². The third kappa shape index (κ3) is 34.1. The number of benzene rings is 6. The number of aliphatic hydroxyl groups is 1. The highest BCUT2D eigenvalue weighted by Gasteiger charge is 2.10. The predicted octanol–water partition coefficient (Wildman–Crippen LogP) is 11.8. The van der Waals surface area contributed by atoms with Gasteiger partial charge < -0.3 is 9.84 Å². The van der Waals surface area contributed by atoms with Crippen molar-refractivity contribution in [1.29, 1.82) is 0 Å². The highest BCUT2D eigenvalue weighted by atomic mass is 79.9. The Morgan fingerprint density at radius 2 is 0.885 bits per heavy atom. The molecule has 402 valence electrons. The van der Waals surface area contributed by atoms with Gasteiger partial charge in [0, 0.05) is 68.6 Å². The Balaban J connectivity index is 0.000000462. The summed E-state index contributed by atoms with van der Waals surface area (Å²) in [6.07, 6.45) is 29.3. The van der Waals surface area contributed by atoms with Crippen molar-refractivity contribution in [2.75, 3.05) is 32.6 Å². The van der Waals surface area contributed by atoms with Crippen LogP contribution in [0, 0.1) is 72.8 Å². The first-order valence-electron chi connectivity index (χ1n) is 24.2. The van der Waals surface area contributed by atoms with E-state index in [2.05, 4.69) is 117 Å². The van der Waals surface area contributed by atoms with Gasteiger partial charge in [-0.3, -0.25) is 23.5 Å². The number of halogens is 1. The van der Waals surface area contributed by atoms with Crippen LogP contribution < -0.4 is 0 Å². The van der Waals surface area contributed by atoms with E-state index in [0.29, 0.717) is 16.7 Å². The first-order chi connectivity index (χ1) is 37.0. The van der Waals surface area contributed by atoms with Gasteiger partial charge in [-0.25, -0.2) is 0 Å². The van der Waals surface area contributed by atoms with Gasteiger partial charge in [0.05, 0.1) is 32.7 Å². The van der Waals surface area contributed by atoms with Crippen LogP contribution in [0.3, 0.4) is 0 Å². The number of hydrogen-bond acceptors (Lipinski definition) is 9. The lowest BCUT2D eigenvalue weighted by Gasteiger charge is -2.26. The number of ether oxygens (including phenoxy) is 1. The summed E-state index contributed by atoms with van der Waals surface area (Å²) in [6, 6.07) is 43.8. The Morgan fingerprint density at radius 1 is 0.551 bits per heavy atom. The van der Waals surface area contributed by atoms with E-state index in [9.17, 15) is 22.8 Å². The Kier molecular flexibility index (Phi) is 33.3. The molecule has 1 aliphatic heterocycles. The smallest absolute Gasteiger partial charge is 0.264 e. The molecule has 7 rings (SSSR count). The van der Waals surface area contributed by atoms with Gasteiger partial charge in [-0.1, -0.05) is 158 Å². The molecule has 1 fully saturated rings. The van der Waals surface area contributed by atoms with E-state index in [1.165, 1.54) is 5.56 Å². The second-order valence-electron chi connectivity index (χ2n) is 18.7. The average molecular weight is 1160 g/mol. The molecule has 0 amide bonds. The number of hydrogen-bond donors (Lipinski definition) is 1. The summed E-state index contributed by atoms with van der Waals surface area (Å²) in [7, 11) is -5.77. The van der Waals surface area contributed by atoms with Crippen molar-refractivity contribution in [3.63, 3.8) is 0 Å². The van der Waals surface area contributed by atoms with Gasteiger partial charge >= 0.3 is 0 Å². The highest BCUT2D eigenvalue weighted by Crippen LogP contribution is 2.11. The number of morpholine rings is 1. The Bertz CT molecular complexity index is 3130. The van der Waals surface area contributed by atoms with Crippen molar-refractivity contribution in [1.82, 2.24) is 4.90 Å². The second kappa shape index (κ2) is 38.0. The Hall–Kier alpha value is -7.61. The van der Waals surface area contributed by atoms with Crippen molar-refractivity contribution >= 4 is 61.1 Å². The van der Waals surface area contributed by atoms with E-state index in [1.807, 2.05) is 60.7 Å². The second-order valence-corrected chi connectivity index (χ2v) is 30.8. The number of terminal acetylenes is 5. The standard InChI is InChI=1S/C13H15NO.C12H14OSi.C10H10O3S.C9H8O.C9H6O.C7H5BrO.C5H10Si/c1-2-12-3-5-13(6-4-12)11-14-7-9-15-10-8-14;1-14(2,3)9-8-11-4-6-12(10-13)7-5-11;1-3-9-4-6-10(7-5-9)8-13-14(2,11)12;2*1-2-8-3-5-9(7-10)6-4-8;8-7-3-1-6(5-9)2-4-7;1-5-6(2,3)4/h1,3-6H,7-11H2;4-7,10H,1-3H3;1,4-7H,8H2,2H3;1,3-6,10H,7H2;1,3-7H;1-5H;1H,2-4H3. The van der Waals surface area contributed by atoms with Crippen molar-refractivity contribution in [3.8, 4) is 72.8 Å². The van der Waals surface area contributed by atoms with Crippen LogP contribution in [-0.2, 0) is 38.8 Å². The molecule has 0 aromatic heterocycles. The number of nitrogens with zero attached hydrogens (tertiary/aromatic N) is 1. The molecule has 0 saturated carbocycles. The number of rotatable bonds is 9. The van der Waals surface area contributed by atoms with Crippen molar-refractivity contribution in [2.24, 2.45) is 0 Å². The minimum absolute atomic E-state index is 0.0453. The molecule has 0 spiro atoms. The van der Waals surface area contributed by atoms with Crippen LogP contribution in [0.5, 0.6) is 0 Å². The van der Waals surface area contributed by atoms with Gasteiger partial charge in [-0.15, -0.1) is 43.2 Å². The molecule has 6 aromatic carbocycles. The molecule has 6 aromatic rings. The van der Waals surface area contributed by atoms with E-state index < -0.39 is 26.3 Å². The van der Waals surface area contributed by atoms with Gasteiger partial charge in [0.15, 0.2) is 0 Å². The topological polar surface area (TPSA) is 127 Å². The number of carbonyl (C=O) groups excluding carboxylic acids is 3. The van der Waals surface area contributed by atoms with Crippen molar-refractivity contribution in [3.05, 3.63) is 211 Å². The maximum Gasteiger partial charge on any atom is 0.264 e. The first kappa shape index (κ1) is 68.4. The Labute approximate surface area is 475 Å². The molecule has 0 unspecified atom stereocenters. The van der Waals surface area contributed by atoms with E-state index in [1.54, 1.807) is 72.8 Å². The molecule has 9 nitrogen and oxygen atoms in total. The normalized spacial score (nSPS) is 11.1. The minimum atomic E-state index is -3.38. The van der Waals surface area contributed by atoms with Crippen LogP contribution in [0.15, 0.2) is 150 Å². The van der Waals surface area contributed by atoms with Crippen LogP contribution in [0.25, 0.3) is 0 Å². The van der Waals surface area contributed by atoms with Crippen molar-refractivity contribution < 1.29 is 36.8 Å². The van der Waals surface area contributed by atoms with Gasteiger partial charge in [0.1, 0.15) is 35.0 Å². The van der Waals surface area contributed by atoms with E-state index in [0.717, 1.165) is 101 Å². The van der Waals surface area contributed by atoms with E-state index in [-0.39, 0.29) is 13.2 Å². The molecular weight excluding hydrogens is 1090 g/mol. The lowest BCUT2D eigenvalue weighted by Crippen LogP contribution is -2.35. The Morgan fingerprint density at radius 3 is 1.21 bits per heavy atom. The summed E-state index contributed by atoms with van der Waals surface area (Å²) in [4.78, 5) is 33.1. The molecule has 78 heavy (non-hydrogen) atoms. The summed E-state index contributed by atoms with van der Waals surface area (Å²) in [5, 5.41) is 8.65. The monoisotopic (exact) mass is 1160 g/mol. The summed E-state index contributed by atoms with van der Waals surface area (Å²) in [5.41, 5.74) is 15.4. The van der Waals surface area contributed by atoms with E-state index >= 15 is 0 Å². The summed E-state index contributed by atoms with van der Waals surface area (Å²) in [5.74, 6) is 13.2. The maximum absolute atomic E-state index is 10.7. The van der Waals surface area contributed by atoms with Crippen LogP contribution in [0.2, 0.25) is 39.3 Å². The van der Waals surface area contributed by atoms with Gasteiger partial charge in [-0.2, -0.15) is 8.42 Å².